The number of amides is 1. The molecule has 0 saturated carbocycles. The Hall–Kier alpha value is -2.04. The van der Waals surface area contributed by atoms with Crippen LogP contribution in [0.5, 0.6) is 11.5 Å². The number of benzene rings is 1. The van der Waals surface area contributed by atoms with Crippen LogP contribution in [0.25, 0.3) is 0 Å². The lowest BCUT2D eigenvalue weighted by Gasteiger charge is -2.05. The van der Waals surface area contributed by atoms with Gasteiger partial charge in [0.25, 0.3) is 0 Å². The molecule has 2 N–H and O–H groups in total. The monoisotopic (exact) mass is 320 g/mol. The highest BCUT2D eigenvalue weighted by Crippen LogP contribution is 2.27. The van der Waals surface area contributed by atoms with E-state index in [9.17, 15) is 9.90 Å². The van der Waals surface area contributed by atoms with Crippen molar-refractivity contribution in [2.24, 2.45) is 5.10 Å². The second-order valence-electron chi connectivity index (χ2n) is 5.56. The summed E-state index contributed by atoms with van der Waals surface area (Å²) in [4.78, 5) is 11.7. The number of ether oxygens (including phenoxy) is 1. The number of rotatable bonds is 11. The van der Waals surface area contributed by atoms with Crippen LogP contribution in [0.2, 0.25) is 0 Å². The van der Waals surface area contributed by atoms with E-state index >= 15 is 0 Å². The van der Waals surface area contributed by atoms with Crippen molar-refractivity contribution in [3.63, 3.8) is 0 Å². The van der Waals surface area contributed by atoms with E-state index in [4.69, 9.17) is 4.74 Å². The highest BCUT2D eigenvalue weighted by atomic mass is 16.5. The number of aromatic hydroxyl groups is 1. The summed E-state index contributed by atoms with van der Waals surface area (Å²) in [6.07, 6.45) is 10.1. The molecule has 1 aromatic carbocycles. The summed E-state index contributed by atoms with van der Waals surface area (Å²) in [5.41, 5.74) is 2.99. The van der Waals surface area contributed by atoms with Gasteiger partial charge in [0, 0.05) is 12.0 Å². The number of para-hydroxylation sites is 1. The zero-order valence-electron chi connectivity index (χ0n) is 14.2. The van der Waals surface area contributed by atoms with Gasteiger partial charge in [0.2, 0.25) is 5.91 Å². The molecular formula is C18H28N2O3. The Kier molecular flexibility index (Phi) is 9.52. The van der Waals surface area contributed by atoms with Crippen molar-refractivity contribution in [2.75, 3.05) is 7.11 Å². The quantitative estimate of drug-likeness (QED) is 0.368. The van der Waals surface area contributed by atoms with Crippen molar-refractivity contribution in [2.45, 2.75) is 58.3 Å². The van der Waals surface area contributed by atoms with Gasteiger partial charge < -0.3 is 9.84 Å². The van der Waals surface area contributed by atoms with Gasteiger partial charge in [0.15, 0.2) is 11.5 Å². The average molecular weight is 320 g/mol. The van der Waals surface area contributed by atoms with Gasteiger partial charge in [-0.2, -0.15) is 5.10 Å². The maximum atomic E-state index is 11.7. The second kappa shape index (κ2) is 11.5. The van der Waals surface area contributed by atoms with Crippen LogP contribution in [-0.2, 0) is 4.79 Å². The van der Waals surface area contributed by atoms with Crippen molar-refractivity contribution in [3.8, 4) is 11.5 Å². The molecule has 5 nitrogen and oxygen atoms in total. The van der Waals surface area contributed by atoms with Crippen molar-refractivity contribution in [1.82, 2.24) is 5.43 Å². The van der Waals surface area contributed by atoms with Crippen LogP contribution >= 0.6 is 0 Å². The molecular weight excluding hydrogens is 292 g/mol. The van der Waals surface area contributed by atoms with E-state index in [2.05, 4.69) is 17.5 Å². The maximum absolute atomic E-state index is 11.7. The van der Waals surface area contributed by atoms with Crippen molar-refractivity contribution in [3.05, 3.63) is 23.8 Å². The number of nitrogens with one attached hydrogen (secondary N) is 1. The topological polar surface area (TPSA) is 70.9 Å². The van der Waals surface area contributed by atoms with E-state index in [1.807, 2.05) is 0 Å². The van der Waals surface area contributed by atoms with Crippen LogP contribution in [0.4, 0.5) is 0 Å². The average Bonchev–Trinajstić information content (AvgIpc) is 2.55. The first kappa shape index (κ1) is 19.0. The van der Waals surface area contributed by atoms with Crippen molar-refractivity contribution < 1.29 is 14.6 Å². The molecule has 0 heterocycles. The molecule has 23 heavy (non-hydrogen) atoms. The molecule has 0 radical (unpaired) electrons. The predicted octanol–water partition coefficient (Wildman–Crippen LogP) is 3.99. The largest absolute Gasteiger partial charge is 0.504 e. The summed E-state index contributed by atoms with van der Waals surface area (Å²) < 4.78 is 5.01. The van der Waals surface area contributed by atoms with Gasteiger partial charge in [-0.15, -0.1) is 0 Å². The zero-order valence-corrected chi connectivity index (χ0v) is 14.2. The molecule has 0 aliphatic carbocycles. The van der Waals surface area contributed by atoms with Gasteiger partial charge >= 0.3 is 0 Å². The molecule has 0 aromatic heterocycles. The number of unbranched alkanes of at least 4 members (excludes halogenated alkanes) is 6. The van der Waals surface area contributed by atoms with Gasteiger partial charge in [0.1, 0.15) is 0 Å². The van der Waals surface area contributed by atoms with E-state index in [0.717, 1.165) is 12.8 Å². The molecule has 128 valence electrons. The summed E-state index contributed by atoms with van der Waals surface area (Å²) >= 11 is 0. The number of carbonyl (C=O) groups is 1. The van der Waals surface area contributed by atoms with E-state index in [1.165, 1.54) is 45.4 Å². The Labute approximate surface area is 138 Å². The number of hydrazone groups is 1. The molecule has 0 bridgehead atoms. The molecule has 1 rings (SSSR count). The smallest absolute Gasteiger partial charge is 0.240 e. The number of hydrogen-bond donors (Lipinski definition) is 2. The lowest BCUT2D eigenvalue weighted by Crippen LogP contribution is -2.16. The number of carbonyl (C=O) groups excluding carboxylic acids is 1. The first-order valence-electron chi connectivity index (χ1n) is 8.37. The number of phenolic OH excluding ortho intramolecular Hbond substituents is 1. The van der Waals surface area contributed by atoms with Crippen molar-refractivity contribution in [1.29, 1.82) is 0 Å². The molecule has 0 aliphatic heterocycles. The summed E-state index contributed by atoms with van der Waals surface area (Å²) in [5, 5.41) is 13.8. The summed E-state index contributed by atoms with van der Waals surface area (Å²) in [6.45, 7) is 2.20. The zero-order chi connectivity index (χ0) is 16.9. The van der Waals surface area contributed by atoms with E-state index in [-0.39, 0.29) is 11.7 Å². The minimum atomic E-state index is -0.0998. The Bertz CT molecular complexity index is 501. The van der Waals surface area contributed by atoms with E-state index in [1.54, 1.807) is 18.2 Å². The fourth-order valence-electron chi connectivity index (χ4n) is 2.28. The summed E-state index contributed by atoms with van der Waals surface area (Å²) in [7, 11) is 1.49. The number of nitrogens with zero attached hydrogens (tertiary/aromatic N) is 1. The predicted molar refractivity (Wildman–Crippen MR) is 93.0 cm³/mol. The standard InChI is InChI=1S/C18H28N2O3/c1-3-4-5-6-7-8-9-13-17(21)20-19-14-15-11-10-12-16(23-2)18(15)22/h10-12,14,22H,3-9,13H2,1-2H3,(H,20,21)/b19-14-. The maximum Gasteiger partial charge on any atom is 0.240 e. The van der Waals surface area contributed by atoms with Gasteiger partial charge in [-0.25, -0.2) is 5.43 Å². The van der Waals surface area contributed by atoms with Crippen molar-refractivity contribution >= 4 is 12.1 Å². The Morgan fingerprint density at radius 2 is 1.91 bits per heavy atom. The van der Waals surface area contributed by atoms with Crippen LogP contribution in [0.3, 0.4) is 0 Å². The van der Waals surface area contributed by atoms with Crippen LogP contribution in [0, 0.1) is 0 Å². The molecule has 1 amide bonds. The van der Waals surface area contributed by atoms with Gasteiger partial charge in [0.05, 0.1) is 13.3 Å². The molecule has 0 saturated heterocycles. The third kappa shape index (κ3) is 7.68. The highest BCUT2D eigenvalue weighted by molar-refractivity contribution is 5.86. The minimum Gasteiger partial charge on any atom is -0.504 e. The fraction of sp³-hybridized carbons (Fsp3) is 0.556. The minimum absolute atomic E-state index is 0.0140. The van der Waals surface area contributed by atoms with E-state index in [0.29, 0.717) is 17.7 Å². The van der Waals surface area contributed by atoms with Crippen LogP contribution in [0.1, 0.15) is 63.9 Å². The Morgan fingerprint density at radius 1 is 1.22 bits per heavy atom. The van der Waals surface area contributed by atoms with Crippen LogP contribution in [-0.4, -0.2) is 24.3 Å². The number of phenols is 1. The summed E-state index contributed by atoms with van der Waals surface area (Å²) in [5.74, 6) is 0.292. The van der Waals surface area contributed by atoms with Gasteiger partial charge in [-0.3, -0.25) is 4.79 Å². The van der Waals surface area contributed by atoms with Gasteiger partial charge in [-0.1, -0.05) is 51.5 Å². The summed E-state index contributed by atoms with van der Waals surface area (Å²) in [6, 6.07) is 5.11. The Balaban J connectivity index is 2.23. The number of methoxy groups -OCH3 is 1. The normalized spacial score (nSPS) is 10.9. The first-order chi connectivity index (χ1) is 11.2. The second-order valence-corrected chi connectivity index (χ2v) is 5.56. The SMILES string of the molecule is CCCCCCCCCC(=O)N/N=C\c1cccc(OC)c1O. The molecule has 0 aliphatic rings. The molecule has 5 heteroatoms. The lowest BCUT2D eigenvalue weighted by atomic mass is 10.1. The van der Waals surface area contributed by atoms with Crippen LogP contribution < -0.4 is 10.2 Å². The first-order valence-corrected chi connectivity index (χ1v) is 8.37. The molecule has 1 aromatic rings. The molecule has 0 fully saturated rings. The van der Waals surface area contributed by atoms with Gasteiger partial charge in [-0.05, 0) is 18.6 Å². The van der Waals surface area contributed by atoms with E-state index < -0.39 is 0 Å². The Morgan fingerprint density at radius 3 is 2.61 bits per heavy atom. The number of hydrogen-bond acceptors (Lipinski definition) is 4. The van der Waals surface area contributed by atoms with Crippen LogP contribution in [0.15, 0.2) is 23.3 Å². The lowest BCUT2D eigenvalue weighted by molar-refractivity contribution is -0.121. The molecule has 0 unspecified atom stereocenters. The third-order valence-electron chi connectivity index (χ3n) is 3.65. The molecule has 0 spiro atoms. The highest BCUT2D eigenvalue weighted by Gasteiger charge is 2.05. The fourth-order valence-corrected chi connectivity index (χ4v) is 2.28. The third-order valence-corrected chi connectivity index (χ3v) is 3.65. The molecule has 0 atom stereocenters.